The Bertz CT molecular complexity index is 402. The maximum atomic E-state index is 11.2. The molecule has 1 aliphatic rings. The molecule has 0 saturated carbocycles. The van der Waals surface area contributed by atoms with Crippen LogP contribution >= 0.6 is 11.3 Å². The highest BCUT2D eigenvalue weighted by Gasteiger charge is 2.36. The highest BCUT2D eigenvalue weighted by Crippen LogP contribution is 2.28. The summed E-state index contributed by atoms with van der Waals surface area (Å²) in [6.07, 6.45) is 2.05. The lowest BCUT2D eigenvalue weighted by molar-refractivity contribution is -0.143. The molecule has 2 rings (SSSR count). The second kappa shape index (κ2) is 5.19. The number of aliphatic carboxylic acids is 1. The molecule has 2 atom stereocenters. The van der Waals surface area contributed by atoms with E-state index in [1.807, 2.05) is 6.92 Å². The van der Waals surface area contributed by atoms with Gasteiger partial charge in [-0.25, -0.2) is 0 Å². The minimum absolute atomic E-state index is 0.262. The van der Waals surface area contributed by atoms with E-state index in [2.05, 4.69) is 24.0 Å². The number of nitrogens with zero attached hydrogens (tertiary/aromatic N) is 1. The van der Waals surface area contributed by atoms with Gasteiger partial charge in [-0.2, -0.15) is 0 Å². The third-order valence-corrected chi connectivity index (χ3v) is 4.70. The van der Waals surface area contributed by atoms with Crippen LogP contribution in [0.5, 0.6) is 0 Å². The highest BCUT2D eigenvalue weighted by molar-refractivity contribution is 7.11. The van der Waals surface area contributed by atoms with Crippen LogP contribution in [0.15, 0.2) is 12.1 Å². The van der Waals surface area contributed by atoms with Crippen molar-refractivity contribution in [3.05, 3.63) is 21.9 Å². The van der Waals surface area contributed by atoms with Gasteiger partial charge in [0.05, 0.1) is 0 Å². The first-order valence-corrected chi connectivity index (χ1v) is 6.98. The summed E-state index contributed by atoms with van der Waals surface area (Å²) in [4.78, 5) is 16.0. The zero-order valence-corrected chi connectivity index (χ0v) is 11.2. The quantitative estimate of drug-likeness (QED) is 0.896. The van der Waals surface area contributed by atoms with Crippen LogP contribution < -0.4 is 0 Å². The van der Waals surface area contributed by atoms with Crippen LogP contribution in [0.25, 0.3) is 0 Å². The van der Waals surface area contributed by atoms with Crippen molar-refractivity contribution in [1.29, 1.82) is 0 Å². The summed E-state index contributed by atoms with van der Waals surface area (Å²) in [5, 5.41) is 9.25. The van der Waals surface area contributed by atoms with Gasteiger partial charge in [0.2, 0.25) is 0 Å². The van der Waals surface area contributed by atoms with Gasteiger partial charge < -0.3 is 5.11 Å². The van der Waals surface area contributed by atoms with E-state index in [0.29, 0.717) is 0 Å². The summed E-state index contributed by atoms with van der Waals surface area (Å²) in [7, 11) is 0. The molecule has 1 aromatic heterocycles. The van der Waals surface area contributed by atoms with Crippen molar-refractivity contribution >= 4 is 17.3 Å². The van der Waals surface area contributed by atoms with Gasteiger partial charge >= 0.3 is 5.97 Å². The molecule has 2 unspecified atom stereocenters. The van der Waals surface area contributed by atoms with Gasteiger partial charge in [-0.1, -0.05) is 13.8 Å². The molecular weight excluding hydrogens is 234 g/mol. The second-order valence-corrected chi connectivity index (χ2v) is 5.99. The number of aryl methyl sites for hydroxylation is 1. The molecule has 0 radical (unpaired) electrons. The normalized spacial score (nSPS) is 25.3. The first-order valence-electron chi connectivity index (χ1n) is 6.16. The average Bonchev–Trinajstić information content (AvgIpc) is 2.86. The molecule has 0 aliphatic carbocycles. The summed E-state index contributed by atoms with van der Waals surface area (Å²) in [6.45, 7) is 5.86. The molecule has 94 valence electrons. The van der Waals surface area contributed by atoms with Gasteiger partial charge in [-0.3, -0.25) is 9.69 Å². The van der Waals surface area contributed by atoms with Crippen molar-refractivity contribution < 1.29 is 9.90 Å². The van der Waals surface area contributed by atoms with Gasteiger partial charge in [-0.15, -0.1) is 11.3 Å². The molecule has 1 aliphatic heterocycles. The Morgan fingerprint density at radius 1 is 1.53 bits per heavy atom. The predicted molar refractivity (Wildman–Crippen MR) is 69.3 cm³/mol. The van der Waals surface area contributed by atoms with Crippen molar-refractivity contribution in [2.24, 2.45) is 5.92 Å². The maximum Gasteiger partial charge on any atom is 0.321 e. The molecular formula is C13H19NO2S. The number of likely N-dealkylation sites (tertiary alicyclic amines) is 1. The van der Waals surface area contributed by atoms with Crippen LogP contribution in [0, 0.1) is 5.92 Å². The Kier molecular flexibility index (Phi) is 3.84. The Hall–Kier alpha value is -0.870. The van der Waals surface area contributed by atoms with Crippen LogP contribution in [0.1, 0.15) is 30.0 Å². The predicted octanol–water partition coefficient (Wildman–Crippen LogP) is 2.61. The molecule has 1 aromatic rings. The fourth-order valence-electron chi connectivity index (χ4n) is 2.50. The fourth-order valence-corrected chi connectivity index (χ4v) is 3.48. The van der Waals surface area contributed by atoms with Gasteiger partial charge in [0, 0.05) is 16.3 Å². The van der Waals surface area contributed by atoms with E-state index in [-0.39, 0.29) is 12.0 Å². The largest absolute Gasteiger partial charge is 0.480 e. The SMILES string of the molecule is CCc1ccc(CN2CCC(C)C2C(=O)O)s1. The third-order valence-electron chi connectivity index (χ3n) is 3.48. The molecule has 0 aromatic carbocycles. The number of hydrogen-bond acceptors (Lipinski definition) is 3. The lowest BCUT2D eigenvalue weighted by Gasteiger charge is -2.22. The van der Waals surface area contributed by atoms with E-state index in [1.54, 1.807) is 11.3 Å². The molecule has 0 bridgehead atoms. The van der Waals surface area contributed by atoms with E-state index >= 15 is 0 Å². The number of carboxylic acids is 1. The maximum absolute atomic E-state index is 11.2. The van der Waals surface area contributed by atoms with E-state index in [0.717, 1.165) is 25.9 Å². The Morgan fingerprint density at radius 2 is 2.24 bits per heavy atom. The summed E-state index contributed by atoms with van der Waals surface area (Å²) in [5.74, 6) is -0.416. The molecule has 2 heterocycles. The van der Waals surface area contributed by atoms with Gasteiger partial charge in [0.1, 0.15) is 6.04 Å². The molecule has 1 N–H and O–H groups in total. The van der Waals surface area contributed by atoms with Gasteiger partial charge in [-0.05, 0) is 37.4 Å². The van der Waals surface area contributed by atoms with Gasteiger partial charge in [0.15, 0.2) is 0 Å². The summed E-state index contributed by atoms with van der Waals surface area (Å²) in [5.41, 5.74) is 0. The first-order chi connectivity index (χ1) is 8.11. The summed E-state index contributed by atoms with van der Waals surface area (Å²) >= 11 is 1.80. The first kappa shape index (κ1) is 12.6. The highest BCUT2D eigenvalue weighted by atomic mass is 32.1. The minimum atomic E-state index is -0.678. The van der Waals surface area contributed by atoms with Crippen molar-refractivity contribution in [3.63, 3.8) is 0 Å². The molecule has 0 spiro atoms. The fraction of sp³-hybridized carbons (Fsp3) is 0.615. The van der Waals surface area contributed by atoms with Crippen LogP contribution in [-0.2, 0) is 17.8 Å². The van der Waals surface area contributed by atoms with Crippen LogP contribution in [-0.4, -0.2) is 28.6 Å². The molecule has 0 amide bonds. The lowest BCUT2D eigenvalue weighted by atomic mass is 10.0. The molecule has 17 heavy (non-hydrogen) atoms. The van der Waals surface area contributed by atoms with Crippen molar-refractivity contribution in [2.75, 3.05) is 6.54 Å². The Morgan fingerprint density at radius 3 is 2.82 bits per heavy atom. The number of carboxylic acid groups (broad SMARTS) is 1. The summed E-state index contributed by atoms with van der Waals surface area (Å²) in [6, 6.07) is 3.97. The molecule has 1 saturated heterocycles. The van der Waals surface area contributed by atoms with Crippen molar-refractivity contribution in [2.45, 2.75) is 39.3 Å². The summed E-state index contributed by atoms with van der Waals surface area (Å²) < 4.78 is 0. The monoisotopic (exact) mass is 253 g/mol. The van der Waals surface area contributed by atoms with Gasteiger partial charge in [0.25, 0.3) is 0 Å². The van der Waals surface area contributed by atoms with E-state index < -0.39 is 5.97 Å². The number of carbonyl (C=O) groups is 1. The average molecular weight is 253 g/mol. The molecule has 4 heteroatoms. The minimum Gasteiger partial charge on any atom is -0.480 e. The van der Waals surface area contributed by atoms with Crippen LogP contribution in [0.2, 0.25) is 0 Å². The van der Waals surface area contributed by atoms with Crippen molar-refractivity contribution in [3.8, 4) is 0 Å². The topological polar surface area (TPSA) is 40.5 Å². The number of rotatable bonds is 4. The standard InChI is InChI=1S/C13H19NO2S/c1-3-10-4-5-11(17-10)8-14-7-6-9(2)12(14)13(15)16/h4-5,9,12H,3,6-8H2,1-2H3,(H,15,16). The van der Waals surface area contributed by atoms with Crippen molar-refractivity contribution in [1.82, 2.24) is 4.90 Å². The van der Waals surface area contributed by atoms with E-state index in [4.69, 9.17) is 0 Å². The number of hydrogen-bond donors (Lipinski definition) is 1. The van der Waals surface area contributed by atoms with E-state index in [9.17, 15) is 9.90 Å². The van der Waals surface area contributed by atoms with Crippen LogP contribution in [0.4, 0.5) is 0 Å². The Labute approximate surface area is 106 Å². The molecule has 1 fully saturated rings. The number of thiophene rings is 1. The molecule has 3 nitrogen and oxygen atoms in total. The van der Waals surface area contributed by atoms with E-state index in [1.165, 1.54) is 9.75 Å². The zero-order chi connectivity index (χ0) is 12.4. The lowest BCUT2D eigenvalue weighted by Crippen LogP contribution is -2.38. The second-order valence-electron chi connectivity index (χ2n) is 4.74. The Balaban J connectivity index is 2.05. The smallest absolute Gasteiger partial charge is 0.321 e. The van der Waals surface area contributed by atoms with Crippen LogP contribution in [0.3, 0.4) is 0 Å². The zero-order valence-electron chi connectivity index (χ0n) is 10.3. The third kappa shape index (κ3) is 2.69.